The topological polar surface area (TPSA) is 34.1 Å². The molecule has 0 saturated heterocycles. The smallest absolute Gasteiger partial charge is 0.185 e. The lowest BCUT2D eigenvalue weighted by molar-refractivity contribution is 0.560. The van der Waals surface area contributed by atoms with Crippen LogP contribution in [0.15, 0.2) is 40.8 Å². The molecule has 1 rings (SSSR count). The summed E-state index contributed by atoms with van der Waals surface area (Å²) in [4.78, 5) is 0.407. The summed E-state index contributed by atoms with van der Waals surface area (Å²) in [6.45, 7) is 9.69. The van der Waals surface area contributed by atoms with Gasteiger partial charge in [0.2, 0.25) is 0 Å². The summed E-state index contributed by atoms with van der Waals surface area (Å²) in [5, 5.41) is -0.454. The number of hydrogen-bond acceptors (Lipinski definition) is 2. The van der Waals surface area contributed by atoms with Gasteiger partial charge in [-0.2, -0.15) is 0 Å². The van der Waals surface area contributed by atoms with Crippen LogP contribution in [-0.4, -0.2) is 13.7 Å². The van der Waals surface area contributed by atoms with Gasteiger partial charge < -0.3 is 0 Å². The van der Waals surface area contributed by atoms with Crippen LogP contribution >= 0.6 is 0 Å². The van der Waals surface area contributed by atoms with Crippen molar-refractivity contribution in [2.75, 3.05) is 0 Å². The maximum Gasteiger partial charge on any atom is 0.185 e. The van der Waals surface area contributed by atoms with Gasteiger partial charge in [-0.1, -0.05) is 43.2 Å². The molecule has 0 aliphatic rings. The molecular formula is C15H22O2S. The zero-order valence-corrected chi connectivity index (χ0v) is 12.6. The third-order valence-corrected chi connectivity index (χ3v) is 5.19. The van der Waals surface area contributed by atoms with Crippen LogP contribution < -0.4 is 0 Å². The van der Waals surface area contributed by atoms with Crippen molar-refractivity contribution in [3.63, 3.8) is 0 Å². The summed E-state index contributed by atoms with van der Waals surface area (Å²) < 4.78 is 25.2. The second kappa shape index (κ2) is 5.70. The van der Waals surface area contributed by atoms with Gasteiger partial charge >= 0.3 is 0 Å². The lowest BCUT2D eigenvalue weighted by Crippen LogP contribution is -2.25. The highest BCUT2D eigenvalue weighted by Gasteiger charge is 2.28. The second-order valence-electron chi connectivity index (χ2n) is 5.31. The molecule has 0 N–H and O–H groups in total. The summed E-state index contributed by atoms with van der Waals surface area (Å²) in [6.07, 6.45) is 1.85. The molecular weight excluding hydrogens is 244 g/mol. The Morgan fingerprint density at radius 1 is 1.11 bits per heavy atom. The quantitative estimate of drug-likeness (QED) is 0.778. The first kappa shape index (κ1) is 15.0. The molecule has 0 saturated carbocycles. The largest absolute Gasteiger partial charge is 0.223 e. The van der Waals surface area contributed by atoms with E-state index in [1.807, 2.05) is 52.8 Å². The van der Waals surface area contributed by atoms with Gasteiger partial charge in [0.15, 0.2) is 9.84 Å². The summed E-state index contributed by atoms with van der Waals surface area (Å²) in [5.74, 6) is 0.0613. The van der Waals surface area contributed by atoms with E-state index in [2.05, 4.69) is 0 Å². The van der Waals surface area contributed by atoms with E-state index in [4.69, 9.17) is 0 Å². The molecule has 0 aliphatic heterocycles. The van der Waals surface area contributed by atoms with E-state index in [0.717, 1.165) is 11.1 Å². The lowest BCUT2D eigenvalue weighted by atomic mass is 10.1. The van der Waals surface area contributed by atoms with Gasteiger partial charge in [-0.3, -0.25) is 0 Å². The number of rotatable bonds is 4. The number of sulfone groups is 1. The predicted molar refractivity (Wildman–Crippen MR) is 76.4 cm³/mol. The van der Waals surface area contributed by atoms with E-state index >= 15 is 0 Å². The molecule has 0 aliphatic carbocycles. The van der Waals surface area contributed by atoms with Gasteiger partial charge in [-0.05, 0) is 38.8 Å². The zero-order valence-electron chi connectivity index (χ0n) is 11.8. The van der Waals surface area contributed by atoms with Crippen LogP contribution in [-0.2, 0) is 9.84 Å². The van der Waals surface area contributed by atoms with Crippen LogP contribution in [0.1, 0.15) is 33.3 Å². The van der Waals surface area contributed by atoms with Crippen molar-refractivity contribution in [1.82, 2.24) is 0 Å². The standard InChI is InChI=1S/C15H22O2S/c1-11(2)10-15(12(3)4)18(16,17)14-8-6-13(5)7-9-14/h6-10,12,15H,1-5H3/t15-/m0/s1. The number of allylic oxidation sites excluding steroid dienone is 1. The van der Waals surface area contributed by atoms with Crippen LogP contribution in [0.25, 0.3) is 0 Å². The van der Waals surface area contributed by atoms with Crippen molar-refractivity contribution in [2.45, 2.75) is 44.8 Å². The SMILES string of the molecule is CC(C)=C[C@@H](C(C)C)S(=O)(=O)c1ccc(C)cc1. The van der Waals surface area contributed by atoms with Crippen molar-refractivity contribution in [3.8, 4) is 0 Å². The Balaban J connectivity index is 3.26. The third kappa shape index (κ3) is 3.45. The monoisotopic (exact) mass is 266 g/mol. The van der Waals surface area contributed by atoms with Gasteiger partial charge in [-0.15, -0.1) is 0 Å². The van der Waals surface area contributed by atoms with Gasteiger partial charge in [0.1, 0.15) is 0 Å². The van der Waals surface area contributed by atoms with E-state index < -0.39 is 15.1 Å². The molecule has 1 atom stereocenters. The minimum atomic E-state index is -3.29. The Labute approximate surface area is 111 Å². The van der Waals surface area contributed by atoms with Crippen LogP contribution in [0, 0.1) is 12.8 Å². The van der Waals surface area contributed by atoms with Crippen molar-refractivity contribution in [2.24, 2.45) is 5.92 Å². The number of hydrogen-bond donors (Lipinski definition) is 0. The molecule has 1 aromatic rings. The molecule has 0 amide bonds. The number of aryl methyl sites for hydroxylation is 1. The van der Waals surface area contributed by atoms with Crippen molar-refractivity contribution < 1.29 is 8.42 Å². The Kier molecular flexibility index (Phi) is 4.74. The fourth-order valence-electron chi connectivity index (χ4n) is 1.85. The van der Waals surface area contributed by atoms with E-state index in [1.165, 1.54) is 0 Å². The van der Waals surface area contributed by atoms with Crippen molar-refractivity contribution in [1.29, 1.82) is 0 Å². The summed E-state index contributed by atoms with van der Waals surface area (Å²) in [5.41, 5.74) is 2.10. The van der Waals surface area contributed by atoms with Gasteiger partial charge in [0, 0.05) is 0 Å². The van der Waals surface area contributed by atoms with E-state index in [9.17, 15) is 8.42 Å². The summed E-state index contributed by atoms with van der Waals surface area (Å²) in [7, 11) is -3.29. The second-order valence-corrected chi connectivity index (χ2v) is 7.42. The molecule has 1 aromatic carbocycles. The Morgan fingerprint density at radius 3 is 2.00 bits per heavy atom. The lowest BCUT2D eigenvalue weighted by Gasteiger charge is -2.18. The number of benzene rings is 1. The minimum Gasteiger partial charge on any atom is -0.223 e. The van der Waals surface area contributed by atoms with Crippen LogP contribution in [0.4, 0.5) is 0 Å². The molecule has 18 heavy (non-hydrogen) atoms. The fraction of sp³-hybridized carbons (Fsp3) is 0.467. The first-order chi connectivity index (χ1) is 8.25. The Hall–Kier alpha value is -1.09. The fourth-order valence-corrected chi connectivity index (χ4v) is 3.85. The average Bonchev–Trinajstić information content (AvgIpc) is 2.25. The molecule has 0 radical (unpaired) electrons. The van der Waals surface area contributed by atoms with Crippen LogP contribution in [0.2, 0.25) is 0 Å². The highest BCUT2D eigenvalue weighted by molar-refractivity contribution is 7.92. The highest BCUT2D eigenvalue weighted by Crippen LogP contribution is 2.24. The van der Waals surface area contributed by atoms with E-state index in [-0.39, 0.29) is 5.92 Å². The first-order valence-corrected chi connectivity index (χ1v) is 7.75. The Bertz CT molecular complexity index is 518. The Morgan fingerprint density at radius 2 is 1.61 bits per heavy atom. The molecule has 0 bridgehead atoms. The molecule has 3 heteroatoms. The average molecular weight is 266 g/mol. The van der Waals surface area contributed by atoms with Gasteiger partial charge in [-0.25, -0.2) is 8.42 Å². The summed E-state index contributed by atoms with van der Waals surface area (Å²) >= 11 is 0. The molecule has 0 heterocycles. The highest BCUT2D eigenvalue weighted by atomic mass is 32.2. The molecule has 0 spiro atoms. The normalized spacial score (nSPS) is 13.4. The van der Waals surface area contributed by atoms with Gasteiger partial charge in [0.25, 0.3) is 0 Å². The molecule has 0 fully saturated rings. The molecule has 0 unspecified atom stereocenters. The van der Waals surface area contributed by atoms with E-state index in [0.29, 0.717) is 4.90 Å². The predicted octanol–water partition coefficient (Wildman–Crippen LogP) is 3.76. The van der Waals surface area contributed by atoms with Crippen LogP contribution in [0.3, 0.4) is 0 Å². The first-order valence-electron chi connectivity index (χ1n) is 6.20. The zero-order chi connectivity index (χ0) is 13.9. The molecule has 2 nitrogen and oxygen atoms in total. The maximum atomic E-state index is 12.6. The van der Waals surface area contributed by atoms with Crippen molar-refractivity contribution >= 4 is 9.84 Å². The van der Waals surface area contributed by atoms with Crippen molar-refractivity contribution in [3.05, 3.63) is 41.5 Å². The maximum absolute atomic E-state index is 12.6. The molecule has 0 aromatic heterocycles. The molecule has 100 valence electrons. The summed E-state index contributed by atoms with van der Waals surface area (Å²) in [6, 6.07) is 7.07. The van der Waals surface area contributed by atoms with E-state index in [1.54, 1.807) is 12.1 Å². The minimum absolute atomic E-state index is 0.0613. The van der Waals surface area contributed by atoms with Crippen LogP contribution in [0.5, 0.6) is 0 Å². The third-order valence-electron chi connectivity index (χ3n) is 2.86. The van der Waals surface area contributed by atoms with Gasteiger partial charge in [0.05, 0.1) is 10.1 Å².